The van der Waals surface area contributed by atoms with E-state index in [1.54, 1.807) is 0 Å². The van der Waals surface area contributed by atoms with Crippen LogP contribution < -0.4 is 0 Å². The minimum Gasteiger partial charge on any atom is -0.481 e. The Balaban J connectivity index is 2.18. The number of carboxylic acids is 1. The predicted molar refractivity (Wildman–Crippen MR) is 71.0 cm³/mol. The lowest BCUT2D eigenvalue weighted by molar-refractivity contribution is -0.141. The molecule has 0 saturated heterocycles. The number of thiophene rings is 1. The van der Waals surface area contributed by atoms with Gasteiger partial charge in [-0.3, -0.25) is 4.79 Å². The monoisotopic (exact) mass is 308 g/mol. The summed E-state index contributed by atoms with van der Waals surface area (Å²) in [6.45, 7) is 0. The zero-order valence-corrected chi connectivity index (χ0v) is 11.9. The van der Waals surface area contributed by atoms with Gasteiger partial charge in [-0.1, -0.05) is 24.4 Å². The van der Waals surface area contributed by atoms with Crippen molar-refractivity contribution in [1.29, 1.82) is 0 Å². The molecule has 2 nitrogen and oxygen atoms in total. The number of alkyl halides is 2. The SMILES string of the molecule is O=C(O)CC1(CC(F)(F)c2ccc(Cl)s2)CCCC1. The van der Waals surface area contributed by atoms with Gasteiger partial charge in [-0.05, 0) is 30.4 Å². The first-order valence-electron chi connectivity index (χ1n) is 6.18. The summed E-state index contributed by atoms with van der Waals surface area (Å²) in [6, 6.07) is 2.78. The van der Waals surface area contributed by atoms with Crippen molar-refractivity contribution in [2.24, 2.45) is 5.41 Å². The Morgan fingerprint density at radius 3 is 2.53 bits per heavy atom. The average molecular weight is 309 g/mol. The molecule has 1 aliphatic carbocycles. The van der Waals surface area contributed by atoms with Gasteiger partial charge in [-0.2, -0.15) is 0 Å². The van der Waals surface area contributed by atoms with Crippen molar-refractivity contribution < 1.29 is 18.7 Å². The maximum absolute atomic E-state index is 14.3. The first-order valence-corrected chi connectivity index (χ1v) is 7.38. The van der Waals surface area contributed by atoms with Gasteiger partial charge in [0.25, 0.3) is 5.92 Å². The number of carbonyl (C=O) groups is 1. The van der Waals surface area contributed by atoms with Crippen LogP contribution >= 0.6 is 22.9 Å². The second-order valence-electron chi connectivity index (χ2n) is 5.26. The lowest BCUT2D eigenvalue weighted by Crippen LogP contribution is -2.29. The van der Waals surface area contributed by atoms with Crippen molar-refractivity contribution in [3.63, 3.8) is 0 Å². The minimum absolute atomic E-state index is 0.0748. The molecule has 1 aromatic rings. The van der Waals surface area contributed by atoms with Crippen molar-refractivity contribution >= 4 is 28.9 Å². The van der Waals surface area contributed by atoms with E-state index >= 15 is 0 Å². The third-order valence-corrected chi connectivity index (χ3v) is 5.06. The van der Waals surface area contributed by atoms with Crippen LogP contribution in [0, 0.1) is 5.41 Å². The van der Waals surface area contributed by atoms with Crippen molar-refractivity contribution in [1.82, 2.24) is 0 Å². The summed E-state index contributed by atoms with van der Waals surface area (Å²) in [5.74, 6) is -4.00. The molecule has 2 rings (SSSR count). The van der Waals surface area contributed by atoms with Gasteiger partial charge >= 0.3 is 5.97 Å². The molecular weight excluding hydrogens is 294 g/mol. The summed E-state index contributed by atoms with van der Waals surface area (Å²) in [5.41, 5.74) is -0.772. The van der Waals surface area contributed by atoms with E-state index in [9.17, 15) is 13.6 Å². The molecule has 0 unspecified atom stereocenters. The van der Waals surface area contributed by atoms with E-state index in [0.717, 1.165) is 24.2 Å². The zero-order chi connectivity index (χ0) is 14.1. The van der Waals surface area contributed by atoms with Crippen molar-refractivity contribution in [3.05, 3.63) is 21.3 Å². The molecule has 19 heavy (non-hydrogen) atoms. The lowest BCUT2D eigenvalue weighted by atomic mass is 9.77. The third kappa shape index (κ3) is 3.45. The number of aliphatic carboxylic acids is 1. The fourth-order valence-electron chi connectivity index (χ4n) is 2.93. The van der Waals surface area contributed by atoms with Gasteiger partial charge in [0.1, 0.15) is 0 Å². The average Bonchev–Trinajstić information content (AvgIpc) is 2.86. The molecule has 1 fully saturated rings. The number of hydrogen-bond donors (Lipinski definition) is 1. The number of carboxylic acid groups (broad SMARTS) is 1. The van der Waals surface area contributed by atoms with E-state index in [0.29, 0.717) is 17.2 Å². The zero-order valence-electron chi connectivity index (χ0n) is 10.3. The molecular formula is C13H15ClF2O2S. The van der Waals surface area contributed by atoms with E-state index in [4.69, 9.17) is 16.7 Å². The van der Waals surface area contributed by atoms with Crippen LogP contribution in [0.2, 0.25) is 4.34 Å². The van der Waals surface area contributed by atoms with Crippen LogP contribution in [-0.2, 0) is 10.7 Å². The van der Waals surface area contributed by atoms with Crippen molar-refractivity contribution in [3.8, 4) is 0 Å². The first kappa shape index (κ1) is 14.7. The largest absolute Gasteiger partial charge is 0.481 e. The smallest absolute Gasteiger partial charge is 0.303 e. The van der Waals surface area contributed by atoms with Gasteiger partial charge < -0.3 is 5.11 Å². The molecule has 0 aliphatic heterocycles. The highest BCUT2D eigenvalue weighted by molar-refractivity contribution is 7.16. The Kier molecular flexibility index (Phi) is 4.16. The van der Waals surface area contributed by atoms with E-state index in [2.05, 4.69) is 0 Å². The second kappa shape index (κ2) is 5.37. The van der Waals surface area contributed by atoms with Gasteiger partial charge in [-0.15, -0.1) is 11.3 Å². The Morgan fingerprint density at radius 1 is 1.42 bits per heavy atom. The summed E-state index contributed by atoms with van der Waals surface area (Å²) in [4.78, 5) is 10.8. The van der Waals surface area contributed by atoms with Crippen LogP contribution in [0.25, 0.3) is 0 Å². The fraction of sp³-hybridized carbons (Fsp3) is 0.615. The highest BCUT2D eigenvalue weighted by Gasteiger charge is 2.46. The predicted octanol–water partition coefficient (Wildman–Crippen LogP) is 4.92. The van der Waals surface area contributed by atoms with E-state index in [1.807, 2.05) is 0 Å². The van der Waals surface area contributed by atoms with Gasteiger partial charge in [0.15, 0.2) is 0 Å². The van der Waals surface area contributed by atoms with Crippen LogP contribution in [0.5, 0.6) is 0 Å². The van der Waals surface area contributed by atoms with Crippen LogP contribution in [-0.4, -0.2) is 11.1 Å². The summed E-state index contributed by atoms with van der Waals surface area (Å²) < 4.78 is 28.9. The molecule has 1 aromatic heterocycles. The Bertz CT molecular complexity index is 467. The second-order valence-corrected chi connectivity index (χ2v) is 6.98. The van der Waals surface area contributed by atoms with E-state index in [-0.39, 0.29) is 11.3 Å². The normalized spacial score (nSPS) is 18.7. The summed E-state index contributed by atoms with van der Waals surface area (Å²) in [6.07, 6.45) is 2.20. The van der Waals surface area contributed by atoms with Crippen molar-refractivity contribution in [2.75, 3.05) is 0 Å². The summed E-state index contributed by atoms with van der Waals surface area (Å²) >= 11 is 6.56. The van der Waals surface area contributed by atoms with E-state index < -0.39 is 23.7 Å². The maximum atomic E-state index is 14.3. The fourth-order valence-corrected chi connectivity index (χ4v) is 3.95. The van der Waals surface area contributed by atoms with Gasteiger partial charge in [-0.25, -0.2) is 8.78 Å². The summed E-state index contributed by atoms with van der Waals surface area (Å²) in [7, 11) is 0. The number of hydrogen-bond acceptors (Lipinski definition) is 2. The van der Waals surface area contributed by atoms with E-state index in [1.165, 1.54) is 12.1 Å². The third-order valence-electron chi connectivity index (χ3n) is 3.72. The number of rotatable bonds is 5. The Labute approximate surface area is 119 Å². The standard InChI is InChI=1S/C13H15ClF2O2S/c14-10-4-3-9(19-10)13(15,16)8-12(7-11(17)18)5-1-2-6-12/h3-4H,1-2,5-8H2,(H,17,18). The first-order chi connectivity index (χ1) is 8.83. The van der Waals surface area contributed by atoms with Crippen molar-refractivity contribution in [2.45, 2.75) is 44.4 Å². The Hall–Kier alpha value is -0.680. The molecule has 6 heteroatoms. The highest BCUT2D eigenvalue weighted by Crippen LogP contribution is 2.52. The lowest BCUT2D eigenvalue weighted by Gasteiger charge is -2.31. The minimum atomic E-state index is -3.00. The number of halogens is 3. The molecule has 0 atom stereocenters. The molecule has 1 saturated carbocycles. The molecule has 0 spiro atoms. The topological polar surface area (TPSA) is 37.3 Å². The van der Waals surface area contributed by atoms with Crippen LogP contribution in [0.4, 0.5) is 8.78 Å². The molecule has 1 aliphatic rings. The quantitative estimate of drug-likeness (QED) is 0.838. The highest BCUT2D eigenvalue weighted by atomic mass is 35.5. The van der Waals surface area contributed by atoms with Gasteiger partial charge in [0.05, 0.1) is 15.6 Å². The molecule has 1 heterocycles. The molecule has 0 aromatic carbocycles. The maximum Gasteiger partial charge on any atom is 0.303 e. The van der Waals surface area contributed by atoms with Crippen LogP contribution in [0.1, 0.15) is 43.4 Å². The van der Waals surface area contributed by atoms with Crippen LogP contribution in [0.15, 0.2) is 12.1 Å². The molecule has 0 bridgehead atoms. The molecule has 0 radical (unpaired) electrons. The van der Waals surface area contributed by atoms with Gasteiger partial charge in [0.2, 0.25) is 0 Å². The molecule has 106 valence electrons. The molecule has 1 N–H and O–H groups in total. The Morgan fingerprint density at radius 2 is 2.05 bits per heavy atom. The summed E-state index contributed by atoms with van der Waals surface area (Å²) in [5, 5.41) is 8.95. The van der Waals surface area contributed by atoms with Crippen LogP contribution in [0.3, 0.4) is 0 Å². The van der Waals surface area contributed by atoms with Gasteiger partial charge in [0, 0.05) is 6.42 Å². The molecule has 0 amide bonds.